The van der Waals surface area contributed by atoms with Gasteiger partial charge in [-0.25, -0.2) is 0 Å². The van der Waals surface area contributed by atoms with Crippen molar-refractivity contribution in [2.24, 2.45) is 5.92 Å². The summed E-state index contributed by atoms with van der Waals surface area (Å²) < 4.78 is 5.07. The average Bonchev–Trinajstić information content (AvgIpc) is 3.06. The standard InChI is InChI=1S/C20H24ClN3O3/c1-13-10-17(27-24-13)11-19(25)23-16-8-6-14(7-9-16)20(26)22-12-15-4-2-3-5-18(15)21/h2-5,10,14,16H,6-9,11-12H2,1H3,(H,22,26)(H,23,25). The van der Waals surface area contributed by atoms with Crippen molar-refractivity contribution in [2.45, 2.75) is 51.6 Å². The van der Waals surface area contributed by atoms with E-state index in [0.717, 1.165) is 36.9 Å². The molecule has 1 aromatic carbocycles. The quantitative estimate of drug-likeness (QED) is 0.794. The van der Waals surface area contributed by atoms with Gasteiger partial charge in [0.1, 0.15) is 5.76 Å². The number of hydrogen-bond acceptors (Lipinski definition) is 4. The molecule has 1 aromatic heterocycles. The molecular weight excluding hydrogens is 366 g/mol. The molecule has 1 aliphatic rings. The van der Waals surface area contributed by atoms with Gasteiger partial charge >= 0.3 is 0 Å². The fourth-order valence-corrected chi connectivity index (χ4v) is 3.61. The molecule has 7 heteroatoms. The van der Waals surface area contributed by atoms with E-state index >= 15 is 0 Å². The summed E-state index contributed by atoms with van der Waals surface area (Å²) in [6.45, 7) is 2.26. The SMILES string of the molecule is Cc1cc(CC(=O)NC2CCC(C(=O)NCc3ccccc3Cl)CC2)on1. The fourth-order valence-electron chi connectivity index (χ4n) is 3.40. The van der Waals surface area contributed by atoms with Gasteiger partial charge in [-0.1, -0.05) is 35.0 Å². The Kier molecular flexibility index (Phi) is 6.50. The average molecular weight is 390 g/mol. The smallest absolute Gasteiger partial charge is 0.227 e. The van der Waals surface area contributed by atoms with Crippen LogP contribution in [0.3, 0.4) is 0 Å². The van der Waals surface area contributed by atoms with Gasteiger partial charge in [0.15, 0.2) is 0 Å². The maximum Gasteiger partial charge on any atom is 0.227 e. The lowest BCUT2D eigenvalue weighted by Gasteiger charge is -2.28. The zero-order valence-corrected chi connectivity index (χ0v) is 16.1. The van der Waals surface area contributed by atoms with Crippen LogP contribution in [0.25, 0.3) is 0 Å². The predicted octanol–water partition coefficient (Wildman–Crippen LogP) is 3.17. The number of halogens is 1. The Bertz CT molecular complexity index is 797. The van der Waals surface area contributed by atoms with E-state index in [4.69, 9.17) is 16.1 Å². The van der Waals surface area contributed by atoms with Gasteiger partial charge < -0.3 is 15.2 Å². The molecular formula is C20H24ClN3O3. The summed E-state index contributed by atoms with van der Waals surface area (Å²) in [5.74, 6) is 0.532. The van der Waals surface area contributed by atoms with Crippen LogP contribution in [0.1, 0.15) is 42.7 Å². The molecule has 3 rings (SSSR count). The van der Waals surface area contributed by atoms with Crippen LogP contribution in [0, 0.1) is 12.8 Å². The maximum atomic E-state index is 12.4. The van der Waals surface area contributed by atoms with Gasteiger partial charge in [0.05, 0.1) is 12.1 Å². The van der Waals surface area contributed by atoms with Crippen LogP contribution in [0.2, 0.25) is 5.02 Å². The third kappa shape index (κ3) is 5.57. The molecule has 6 nitrogen and oxygen atoms in total. The first kappa shape index (κ1) is 19.4. The topological polar surface area (TPSA) is 84.2 Å². The lowest BCUT2D eigenvalue weighted by atomic mass is 9.85. The Balaban J connectivity index is 1.39. The Morgan fingerprint density at radius 2 is 1.96 bits per heavy atom. The van der Waals surface area contributed by atoms with Crippen LogP contribution in [0.5, 0.6) is 0 Å². The molecule has 0 bridgehead atoms. The van der Waals surface area contributed by atoms with Crippen LogP contribution < -0.4 is 10.6 Å². The summed E-state index contributed by atoms with van der Waals surface area (Å²) in [7, 11) is 0. The Morgan fingerprint density at radius 3 is 2.63 bits per heavy atom. The molecule has 0 aliphatic heterocycles. The zero-order valence-electron chi connectivity index (χ0n) is 15.3. The van der Waals surface area contributed by atoms with Gasteiger partial charge in [0.2, 0.25) is 11.8 Å². The molecule has 0 spiro atoms. The third-order valence-electron chi connectivity index (χ3n) is 4.89. The third-order valence-corrected chi connectivity index (χ3v) is 5.25. The number of nitrogens with one attached hydrogen (secondary N) is 2. The van der Waals surface area contributed by atoms with Crippen LogP contribution in [0.15, 0.2) is 34.9 Å². The Labute approximate surface area is 163 Å². The van der Waals surface area contributed by atoms with Gasteiger partial charge in [0, 0.05) is 29.6 Å². The van der Waals surface area contributed by atoms with Gasteiger partial charge in [0.25, 0.3) is 0 Å². The molecule has 2 amide bonds. The number of aromatic nitrogens is 1. The summed E-state index contributed by atoms with van der Waals surface area (Å²) in [5.41, 5.74) is 1.68. The molecule has 1 fully saturated rings. The van der Waals surface area contributed by atoms with Crippen LogP contribution in [-0.2, 0) is 22.6 Å². The van der Waals surface area contributed by atoms with Gasteiger partial charge in [-0.3, -0.25) is 9.59 Å². The van der Waals surface area contributed by atoms with Crippen molar-refractivity contribution >= 4 is 23.4 Å². The van der Waals surface area contributed by atoms with Crippen LogP contribution in [-0.4, -0.2) is 23.0 Å². The Hall–Kier alpha value is -2.34. The minimum Gasteiger partial charge on any atom is -0.361 e. The van der Waals surface area contributed by atoms with Gasteiger partial charge in [-0.05, 0) is 44.2 Å². The van der Waals surface area contributed by atoms with E-state index < -0.39 is 0 Å². The van der Waals surface area contributed by atoms with Crippen LogP contribution in [0.4, 0.5) is 0 Å². The molecule has 1 aliphatic carbocycles. The zero-order chi connectivity index (χ0) is 19.2. The number of rotatable bonds is 6. The molecule has 27 heavy (non-hydrogen) atoms. The van der Waals surface area contributed by atoms with Crippen molar-refractivity contribution in [3.63, 3.8) is 0 Å². The molecule has 0 radical (unpaired) electrons. The molecule has 1 heterocycles. The molecule has 0 unspecified atom stereocenters. The summed E-state index contributed by atoms with van der Waals surface area (Å²) >= 11 is 6.12. The van der Waals surface area contributed by atoms with E-state index in [2.05, 4.69) is 15.8 Å². The largest absolute Gasteiger partial charge is 0.361 e. The highest BCUT2D eigenvalue weighted by Gasteiger charge is 2.27. The first-order chi connectivity index (χ1) is 13.0. The van der Waals surface area contributed by atoms with Crippen molar-refractivity contribution in [1.29, 1.82) is 0 Å². The second kappa shape index (κ2) is 9.04. The summed E-state index contributed by atoms with van der Waals surface area (Å²) in [4.78, 5) is 24.5. The number of carbonyl (C=O) groups excluding carboxylic acids is 2. The van der Waals surface area contributed by atoms with Crippen molar-refractivity contribution < 1.29 is 14.1 Å². The number of carbonyl (C=O) groups is 2. The van der Waals surface area contributed by atoms with Crippen LogP contribution >= 0.6 is 11.6 Å². The van der Waals surface area contributed by atoms with Crippen molar-refractivity contribution in [2.75, 3.05) is 0 Å². The highest BCUT2D eigenvalue weighted by Crippen LogP contribution is 2.25. The molecule has 2 N–H and O–H groups in total. The number of benzene rings is 1. The van der Waals surface area contributed by atoms with Gasteiger partial charge in [-0.2, -0.15) is 0 Å². The first-order valence-corrected chi connectivity index (χ1v) is 9.61. The van der Waals surface area contributed by atoms with Crippen molar-refractivity contribution in [1.82, 2.24) is 15.8 Å². The molecule has 0 saturated heterocycles. The lowest BCUT2D eigenvalue weighted by Crippen LogP contribution is -2.41. The van der Waals surface area contributed by atoms with E-state index in [1.165, 1.54) is 0 Å². The number of nitrogens with zero attached hydrogens (tertiary/aromatic N) is 1. The fraction of sp³-hybridized carbons (Fsp3) is 0.450. The van der Waals surface area contributed by atoms with Gasteiger partial charge in [-0.15, -0.1) is 0 Å². The summed E-state index contributed by atoms with van der Waals surface area (Å²) in [6.07, 6.45) is 3.32. The molecule has 2 aromatic rings. The molecule has 144 valence electrons. The second-order valence-corrected chi connectivity index (χ2v) is 7.44. The minimum absolute atomic E-state index is 0.0161. The summed E-state index contributed by atoms with van der Waals surface area (Å²) in [6, 6.07) is 9.37. The molecule has 0 atom stereocenters. The highest BCUT2D eigenvalue weighted by atomic mass is 35.5. The van der Waals surface area contributed by atoms with E-state index in [0.29, 0.717) is 17.3 Å². The Morgan fingerprint density at radius 1 is 1.22 bits per heavy atom. The number of hydrogen-bond donors (Lipinski definition) is 2. The monoisotopic (exact) mass is 389 g/mol. The van der Waals surface area contributed by atoms with Crippen molar-refractivity contribution in [3.05, 3.63) is 52.4 Å². The van der Waals surface area contributed by atoms with E-state index in [9.17, 15) is 9.59 Å². The highest BCUT2D eigenvalue weighted by molar-refractivity contribution is 6.31. The first-order valence-electron chi connectivity index (χ1n) is 9.24. The number of amides is 2. The maximum absolute atomic E-state index is 12.4. The normalized spacial score (nSPS) is 19.5. The number of aryl methyl sites for hydroxylation is 1. The van der Waals surface area contributed by atoms with E-state index in [1.54, 1.807) is 6.07 Å². The predicted molar refractivity (Wildman–Crippen MR) is 102 cm³/mol. The van der Waals surface area contributed by atoms with E-state index in [-0.39, 0.29) is 30.2 Å². The van der Waals surface area contributed by atoms with Crippen molar-refractivity contribution in [3.8, 4) is 0 Å². The lowest BCUT2D eigenvalue weighted by molar-refractivity contribution is -0.126. The molecule has 1 saturated carbocycles. The summed E-state index contributed by atoms with van der Waals surface area (Å²) in [5, 5.41) is 10.4. The van der Waals surface area contributed by atoms with E-state index in [1.807, 2.05) is 31.2 Å². The second-order valence-electron chi connectivity index (χ2n) is 7.04. The minimum atomic E-state index is -0.0715.